The number of alkyl halides is 6. The molecule has 1 aliphatic heterocycles. The number of carbonyl (C=O) groups excluding carboxylic acids is 2. The van der Waals surface area contributed by atoms with Gasteiger partial charge in [0.2, 0.25) is 5.91 Å². The third-order valence-electron chi connectivity index (χ3n) is 6.99. The summed E-state index contributed by atoms with van der Waals surface area (Å²) in [4.78, 5) is 25.4. The Hall–Kier alpha value is -3.64. The van der Waals surface area contributed by atoms with Gasteiger partial charge in [0.15, 0.2) is 0 Å². The van der Waals surface area contributed by atoms with Crippen LogP contribution in [0.4, 0.5) is 48.7 Å². The topological polar surface area (TPSA) is 119 Å². The maximum Gasteiger partial charge on any atom is 0.417 e. The zero-order valence-corrected chi connectivity index (χ0v) is 26.4. The number of rotatable bonds is 8. The van der Waals surface area contributed by atoms with E-state index in [0.717, 1.165) is 5.56 Å². The van der Waals surface area contributed by atoms with Crippen molar-refractivity contribution in [3.8, 4) is 0 Å². The lowest BCUT2D eigenvalue weighted by Crippen LogP contribution is -2.53. The van der Waals surface area contributed by atoms with Crippen LogP contribution < -0.4 is 11.5 Å². The van der Waals surface area contributed by atoms with Gasteiger partial charge in [-0.05, 0) is 47.4 Å². The van der Waals surface area contributed by atoms with Crippen molar-refractivity contribution in [3.63, 3.8) is 0 Å². The maximum absolute atomic E-state index is 13.7. The Morgan fingerprint density at radius 2 is 1.22 bits per heavy atom. The molecule has 0 spiro atoms. The van der Waals surface area contributed by atoms with Crippen LogP contribution in [-0.2, 0) is 16.0 Å². The van der Waals surface area contributed by atoms with Crippen molar-refractivity contribution >= 4 is 36.8 Å². The predicted molar refractivity (Wildman–Crippen MR) is 160 cm³/mol. The highest BCUT2D eigenvalue weighted by Crippen LogP contribution is 2.39. The Morgan fingerprint density at radius 3 is 1.63 bits per heavy atom. The Kier molecular flexibility index (Phi) is 15.8. The predicted octanol–water partition coefficient (Wildman–Crippen LogP) is 6.30. The van der Waals surface area contributed by atoms with Crippen LogP contribution in [0.2, 0.25) is 0 Å². The van der Waals surface area contributed by atoms with E-state index in [1.54, 1.807) is 30.3 Å². The Bertz CT molecular complexity index is 1510. The molecule has 0 unspecified atom stereocenters. The van der Waals surface area contributed by atoms with E-state index in [0.29, 0.717) is 41.3 Å². The van der Waals surface area contributed by atoms with E-state index >= 15 is 0 Å². The summed E-state index contributed by atoms with van der Waals surface area (Å²) in [6.45, 7) is -1.15. The molecule has 3 aromatic rings. The number of imide groups is 1. The summed E-state index contributed by atoms with van der Waals surface area (Å²) in [5, 5.41) is 8.66. The quantitative estimate of drug-likeness (QED) is 0.232. The number of aliphatic hydroxyl groups excluding tert-OH is 1. The first-order chi connectivity index (χ1) is 21.8. The smallest absolute Gasteiger partial charge is 0.417 e. The van der Waals surface area contributed by atoms with Gasteiger partial charge in [-0.25, -0.2) is 27.3 Å². The summed E-state index contributed by atoms with van der Waals surface area (Å²) in [6, 6.07) is 6.68. The van der Waals surface area contributed by atoms with Gasteiger partial charge in [-0.1, -0.05) is 30.3 Å². The summed E-state index contributed by atoms with van der Waals surface area (Å²) in [6.07, 6.45) is -10.9. The number of halogens is 12. The molecule has 1 fully saturated rings. The fourth-order valence-electron chi connectivity index (χ4n) is 4.96. The Morgan fingerprint density at radius 1 is 0.796 bits per heavy atom. The highest BCUT2D eigenvalue weighted by atomic mass is 35.5. The molecular weight excluding hydrogens is 727 g/mol. The van der Waals surface area contributed by atoms with Crippen LogP contribution >= 0.6 is 24.8 Å². The standard InChI is InChI=1S/C20H17F5N2O3.C10H10F5NO.2ClH/c21-13-7-12(8-14(22)9-13)16(20(23,24)25)17(26)18(28)27-15(10-30-19(27)29)6-11-4-2-1-3-5-11;11-6-1-5(2-7(12)3-6)9(8(16)4-17)10(13,14)15;;/h1-5,7-9,15-17H,6,10,26H2;1-3,8-9,17H,4,16H2;2*1H/t15-,16+,17-;8-,9-;;/m01../s1. The number of cyclic esters (lactones) is 1. The minimum absolute atomic E-state index is 0. The molecule has 7 nitrogen and oxygen atoms in total. The lowest BCUT2D eigenvalue weighted by Gasteiger charge is -2.29. The average molecular weight is 756 g/mol. The van der Waals surface area contributed by atoms with Gasteiger partial charge in [0.05, 0.1) is 18.6 Å². The molecule has 0 aliphatic carbocycles. The number of ether oxygens (including phenoxy) is 1. The third kappa shape index (κ3) is 11.5. The second kappa shape index (κ2) is 17.8. The molecule has 0 aromatic heterocycles. The normalized spacial score (nSPS) is 17.0. The van der Waals surface area contributed by atoms with E-state index in [9.17, 15) is 53.5 Å². The highest BCUT2D eigenvalue weighted by molar-refractivity contribution is 5.97. The SMILES string of the molecule is Cl.Cl.N[C@H](C(=O)N1C(=O)OC[C@@H]1Cc1ccccc1)[C@@H](c1cc(F)cc(F)c1)C(F)(F)F.N[C@H](CO)[C@@H](c1cc(F)cc(F)c1)C(F)(F)F. The molecule has 0 bridgehead atoms. The van der Waals surface area contributed by atoms with Crippen LogP contribution in [0.3, 0.4) is 0 Å². The second-order valence-electron chi connectivity index (χ2n) is 10.4. The van der Waals surface area contributed by atoms with Gasteiger partial charge >= 0.3 is 18.4 Å². The van der Waals surface area contributed by atoms with Gasteiger partial charge in [-0.2, -0.15) is 26.3 Å². The molecule has 272 valence electrons. The van der Waals surface area contributed by atoms with Crippen LogP contribution in [0.25, 0.3) is 0 Å². The van der Waals surface area contributed by atoms with Crippen LogP contribution in [0.1, 0.15) is 28.5 Å². The number of hydrogen-bond donors (Lipinski definition) is 3. The molecule has 5 N–H and O–H groups in total. The van der Waals surface area contributed by atoms with E-state index in [1.807, 2.05) is 0 Å². The highest BCUT2D eigenvalue weighted by Gasteiger charge is 2.51. The maximum atomic E-state index is 13.7. The summed E-state index contributed by atoms with van der Waals surface area (Å²) in [7, 11) is 0. The van der Waals surface area contributed by atoms with Gasteiger partial charge in [0.25, 0.3) is 0 Å². The molecule has 49 heavy (non-hydrogen) atoms. The first-order valence-corrected chi connectivity index (χ1v) is 13.5. The van der Waals surface area contributed by atoms with Gasteiger partial charge in [0.1, 0.15) is 41.8 Å². The van der Waals surface area contributed by atoms with Crippen molar-refractivity contribution in [2.75, 3.05) is 13.2 Å². The number of nitrogens with two attached hydrogens (primary N) is 2. The number of benzene rings is 3. The minimum atomic E-state index is -5.10. The summed E-state index contributed by atoms with van der Waals surface area (Å²) < 4.78 is 137. The fraction of sp³-hybridized carbons (Fsp3) is 0.333. The van der Waals surface area contributed by atoms with Crippen molar-refractivity contribution in [3.05, 3.63) is 107 Å². The van der Waals surface area contributed by atoms with Gasteiger partial charge in [0, 0.05) is 18.2 Å². The molecule has 0 saturated carbocycles. The lowest BCUT2D eigenvalue weighted by atomic mass is 9.89. The van der Waals surface area contributed by atoms with E-state index in [2.05, 4.69) is 0 Å². The monoisotopic (exact) mass is 755 g/mol. The van der Waals surface area contributed by atoms with E-state index in [4.69, 9.17) is 21.3 Å². The summed E-state index contributed by atoms with van der Waals surface area (Å²) in [5.41, 5.74) is 9.97. The van der Waals surface area contributed by atoms with Gasteiger partial charge in [-0.3, -0.25) is 4.79 Å². The molecule has 19 heteroatoms. The molecule has 3 aromatic carbocycles. The van der Waals surface area contributed by atoms with Crippen LogP contribution in [0, 0.1) is 23.3 Å². The molecule has 1 heterocycles. The van der Waals surface area contributed by atoms with E-state index < -0.39 is 95.3 Å². The zero-order chi connectivity index (χ0) is 35.3. The molecule has 4 rings (SSSR count). The minimum Gasteiger partial charge on any atom is -0.447 e. The third-order valence-corrected chi connectivity index (χ3v) is 6.99. The van der Waals surface area contributed by atoms with Gasteiger partial charge < -0.3 is 21.3 Å². The number of nitrogens with zero attached hydrogens (tertiary/aromatic N) is 1. The molecule has 1 saturated heterocycles. The average Bonchev–Trinajstić information content (AvgIpc) is 3.30. The van der Waals surface area contributed by atoms with Crippen molar-refractivity contribution in [2.24, 2.45) is 11.5 Å². The zero-order valence-electron chi connectivity index (χ0n) is 24.7. The first kappa shape index (κ1) is 43.4. The number of hydrogen-bond acceptors (Lipinski definition) is 6. The first-order valence-electron chi connectivity index (χ1n) is 13.5. The molecular formula is C30H29Cl2F10N3O4. The summed E-state index contributed by atoms with van der Waals surface area (Å²) in [5.74, 6) is -11.1. The van der Waals surface area contributed by atoms with Gasteiger partial charge in [-0.15, -0.1) is 24.8 Å². The largest absolute Gasteiger partial charge is 0.447 e. The lowest BCUT2D eigenvalue weighted by molar-refractivity contribution is -0.163. The Labute approximate surface area is 285 Å². The molecule has 2 amide bonds. The van der Waals surface area contributed by atoms with Crippen molar-refractivity contribution in [2.45, 2.75) is 48.7 Å². The van der Waals surface area contributed by atoms with Crippen molar-refractivity contribution in [1.29, 1.82) is 0 Å². The second-order valence-corrected chi connectivity index (χ2v) is 10.4. The van der Waals surface area contributed by atoms with Crippen LogP contribution in [0.15, 0.2) is 66.7 Å². The number of carbonyl (C=O) groups is 2. The van der Waals surface area contributed by atoms with Crippen molar-refractivity contribution in [1.82, 2.24) is 4.90 Å². The Balaban J connectivity index is 0.000000543. The summed E-state index contributed by atoms with van der Waals surface area (Å²) >= 11 is 0. The molecule has 5 atom stereocenters. The number of aliphatic hydroxyl groups is 1. The van der Waals surface area contributed by atoms with Crippen molar-refractivity contribution < 1.29 is 63.3 Å². The van der Waals surface area contributed by atoms with Crippen LogP contribution in [-0.4, -0.2) is 65.7 Å². The fourth-order valence-corrected chi connectivity index (χ4v) is 4.96. The van der Waals surface area contributed by atoms with Crippen LogP contribution in [0.5, 0.6) is 0 Å². The molecule has 0 radical (unpaired) electrons. The molecule has 1 aliphatic rings. The van der Waals surface area contributed by atoms with E-state index in [1.165, 1.54) is 0 Å². The van der Waals surface area contributed by atoms with E-state index in [-0.39, 0.29) is 37.8 Å². The number of amides is 2.